The van der Waals surface area contributed by atoms with Gasteiger partial charge in [-0.25, -0.2) is 4.68 Å². The molecule has 3 aromatic heterocycles. The zero-order valence-electron chi connectivity index (χ0n) is 17.5. The Hall–Kier alpha value is -4.00. The van der Waals surface area contributed by atoms with Gasteiger partial charge in [0, 0.05) is 31.3 Å². The minimum Gasteiger partial charge on any atom is -0.328 e. The van der Waals surface area contributed by atoms with E-state index in [1.807, 2.05) is 67.2 Å². The highest BCUT2D eigenvalue weighted by Gasteiger charge is 2.23. The van der Waals surface area contributed by atoms with E-state index >= 15 is 0 Å². The van der Waals surface area contributed by atoms with E-state index in [2.05, 4.69) is 9.97 Å². The van der Waals surface area contributed by atoms with E-state index in [4.69, 9.17) is 0 Å². The molecule has 4 rings (SSSR count). The summed E-state index contributed by atoms with van der Waals surface area (Å²) in [7, 11) is 1.85. The number of nitrogens with zero attached hydrogens (tertiary/aromatic N) is 5. The molecule has 0 fully saturated rings. The third-order valence-electron chi connectivity index (χ3n) is 5.30. The van der Waals surface area contributed by atoms with Crippen LogP contribution >= 0.6 is 0 Å². The molecule has 31 heavy (non-hydrogen) atoms. The number of hydrogen-bond donors (Lipinski definition) is 0. The largest absolute Gasteiger partial charge is 0.328 e. The van der Waals surface area contributed by atoms with Crippen LogP contribution in [0.4, 0.5) is 0 Å². The average molecular weight is 413 g/mol. The van der Waals surface area contributed by atoms with E-state index in [-0.39, 0.29) is 24.6 Å². The Bertz CT molecular complexity index is 1230. The fourth-order valence-corrected chi connectivity index (χ4v) is 3.56. The van der Waals surface area contributed by atoms with Crippen LogP contribution in [0.1, 0.15) is 27.3 Å². The molecular formula is C24H23N5O2. The summed E-state index contributed by atoms with van der Waals surface area (Å²) in [6, 6.07) is 18.5. The van der Waals surface area contributed by atoms with Crippen LogP contribution in [0.15, 0.2) is 84.0 Å². The molecule has 7 heteroatoms. The molecule has 0 aliphatic heterocycles. The van der Waals surface area contributed by atoms with Crippen molar-refractivity contribution in [3.63, 3.8) is 0 Å². The standard InChI is InChI=1S/C24H23N5O2/c1-18-22(24(31)29(27(18)2)21-11-4-3-5-12-21)17-28(16-20-10-6-7-14-26-20)23(30)19-9-8-13-25-15-19/h3-15H,16-17H2,1-2H3. The maximum absolute atomic E-state index is 13.3. The number of rotatable bonds is 6. The lowest BCUT2D eigenvalue weighted by Crippen LogP contribution is -2.33. The zero-order chi connectivity index (χ0) is 21.8. The summed E-state index contributed by atoms with van der Waals surface area (Å²) < 4.78 is 3.44. The minimum atomic E-state index is -0.201. The van der Waals surface area contributed by atoms with E-state index in [1.54, 1.807) is 34.1 Å². The molecule has 0 bridgehead atoms. The summed E-state index contributed by atoms with van der Waals surface area (Å²) in [4.78, 5) is 36.7. The summed E-state index contributed by atoms with van der Waals surface area (Å²) in [5, 5.41) is 0. The molecule has 0 N–H and O–H groups in total. The molecule has 0 aliphatic carbocycles. The predicted octanol–water partition coefficient (Wildman–Crippen LogP) is 3.12. The van der Waals surface area contributed by atoms with Crippen LogP contribution in [0.2, 0.25) is 0 Å². The van der Waals surface area contributed by atoms with E-state index in [9.17, 15) is 9.59 Å². The summed E-state index contributed by atoms with van der Waals surface area (Å²) in [5.41, 5.74) is 3.22. The Labute approximate surface area is 180 Å². The van der Waals surface area contributed by atoms with Crippen LogP contribution in [-0.2, 0) is 20.1 Å². The SMILES string of the molecule is Cc1c(CN(Cc2ccccn2)C(=O)c2cccnc2)c(=O)n(-c2ccccc2)n1C. The van der Waals surface area contributed by atoms with Crippen LogP contribution < -0.4 is 5.56 Å². The molecule has 7 nitrogen and oxygen atoms in total. The Morgan fingerprint density at radius 1 is 0.968 bits per heavy atom. The monoisotopic (exact) mass is 413 g/mol. The van der Waals surface area contributed by atoms with Crippen molar-refractivity contribution in [2.75, 3.05) is 0 Å². The second-order valence-electron chi connectivity index (χ2n) is 7.26. The highest BCUT2D eigenvalue weighted by atomic mass is 16.2. The molecule has 0 saturated carbocycles. The van der Waals surface area contributed by atoms with Crippen molar-refractivity contribution in [1.29, 1.82) is 0 Å². The molecular weight excluding hydrogens is 390 g/mol. The number of carbonyl (C=O) groups is 1. The van der Waals surface area contributed by atoms with E-state index in [0.717, 1.165) is 17.1 Å². The molecule has 4 aromatic rings. The zero-order valence-corrected chi connectivity index (χ0v) is 17.5. The van der Waals surface area contributed by atoms with E-state index < -0.39 is 0 Å². The van der Waals surface area contributed by atoms with Crippen LogP contribution in [-0.4, -0.2) is 30.1 Å². The lowest BCUT2D eigenvalue weighted by molar-refractivity contribution is 0.0726. The Kier molecular flexibility index (Phi) is 5.75. The van der Waals surface area contributed by atoms with Crippen LogP contribution in [0.3, 0.4) is 0 Å². The number of benzene rings is 1. The lowest BCUT2D eigenvalue weighted by atomic mass is 10.2. The lowest BCUT2D eigenvalue weighted by Gasteiger charge is -2.22. The Morgan fingerprint density at radius 3 is 2.42 bits per heavy atom. The second kappa shape index (κ2) is 8.79. The third-order valence-corrected chi connectivity index (χ3v) is 5.30. The summed E-state index contributed by atoms with van der Waals surface area (Å²) >= 11 is 0. The quantitative estimate of drug-likeness (QED) is 0.487. The number of hydrogen-bond acceptors (Lipinski definition) is 4. The molecule has 156 valence electrons. The number of pyridine rings is 2. The first-order chi connectivity index (χ1) is 15.1. The summed E-state index contributed by atoms with van der Waals surface area (Å²) in [5.74, 6) is -0.201. The van der Waals surface area contributed by atoms with Crippen molar-refractivity contribution in [1.82, 2.24) is 24.2 Å². The first-order valence-electron chi connectivity index (χ1n) is 9.98. The van der Waals surface area contributed by atoms with Gasteiger partial charge in [-0.1, -0.05) is 24.3 Å². The molecule has 0 spiro atoms. The smallest absolute Gasteiger partial charge is 0.276 e. The first kappa shape index (κ1) is 20.3. The van der Waals surface area contributed by atoms with Crippen LogP contribution in [0.25, 0.3) is 5.69 Å². The maximum atomic E-state index is 13.3. The van der Waals surface area contributed by atoms with Gasteiger partial charge in [-0.05, 0) is 43.3 Å². The number of para-hydroxylation sites is 1. The van der Waals surface area contributed by atoms with Crippen molar-refractivity contribution in [2.24, 2.45) is 7.05 Å². The van der Waals surface area contributed by atoms with Gasteiger partial charge in [-0.3, -0.25) is 24.2 Å². The van der Waals surface area contributed by atoms with E-state index in [1.165, 1.54) is 6.20 Å². The predicted molar refractivity (Wildman–Crippen MR) is 118 cm³/mol. The van der Waals surface area contributed by atoms with Gasteiger partial charge in [-0.2, -0.15) is 0 Å². The highest BCUT2D eigenvalue weighted by Crippen LogP contribution is 2.16. The summed E-state index contributed by atoms with van der Waals surface area (Å²) in [6.07, 6.45) is 4.85. The van der Waals surface area contributed by atoms with Gasteiger partial charge in [0.2, 0.25) is 0 Å². The van der Waals surface area contributed by atoms with Gasteiger partial charge in [0.25, 0.3) is 11.5 Å². The van der Waals surface area contributed by atoms with Gasteiger partial charge in [0.15, 0.2) is 0 Å². The van der Waals surface area contributed by atoms with Crippen molar-refractivity contribution >= 4 is 5.91 Å². The molecule has 0 saturated heterocycles. The maximum Gasteiger partial charge on any atom is 0.276 e. The highest BCUT2D eigenvalue weighted by molar-refractivity contribution is 5.93. The first-order valence-corrected chi connectivity index (χ1v) is 9.98. The fourth-order valence-electron chi connectivity index (χ4n) is 3.56. The average Bonchev–Trinajstić information content (AvgIpc) is 3.03. The molecule has 1 amide bonds. The minimum absolute atomic E-state index is 0.142. The normalized spacial score (nSPS) is 10.8. The molecule has 0 radical (unpaired) electrons. The van der Waals surface area contributed by atoms with Crippen molar-refractivity contribution in [3.05, 3.63) is 112 Å². The van der Waals surface area contributed by atoms with Gasteiger partial charge in [-0.15, -0.1) is 0 Å². The van der Waals surface area contributed by atoms with Crippen molar-refractivity contribution in [2.45, 2.75) is 20.0 Å². The van der Waals surface area contributed by atoms with E-state index in [0.29, 0.717) is 11.1 Å². The molecule has 1 aromatic carbocycles. The second-order valence-corrected chi connectivity index (χ2v) is 7.26. The van der Waals surface area contributed by atoms with Crippen molar-refractivity contribution in [3.8, 4) is 5.69 Å². The molecule has 0 unspecified atom stereocenters. The summed E-state index contributed by atoms with van der Waals surface area (Å²) in [6.45, 7) is 2.35. The van der Waals surface area contributed by atoms with Gasteiger partial charge >= 0.3 is 0 Å². The number of carbonyl (C=O) groups excluding carboxylic acids is 1. The number of amides is 1. The third kappa shape index (κ3) is 4.16. The van der Waals surface area contributed by atoms with Crippen LogP contribution in [0.5, 0.6) is 0 Å². The topological polar surface area (TPSA) is 73.0 Å². The van der Waals surface area contributed by atoms with Gasteiger partial charge in [0.05, 0.1) is 35.6 Å². The molecule has 0 aliphatic rings. The Balaban J connectivity index is 1.74. The molecule has 3 heterocycles. The number of aromatic nitrogens is 4. The molecule has 0 atom stereocenters. The fraction of sp³-hybridized carbons (Fsp3) is 0.167. The Morgan fingerprint density at radius 2 is 1.74 bits per heavy atom. The van der Waals surface area contributed by atoms with Crippen molar-refractivity contribution < 1.29 is 4.79 Å². The van der Waals surface area contributed by atoms with Gasteiger partial charge < -0.3 is 4.90 Å². The van der Waals surface area contributed by atoms with Crippen LogP contribution in [0, 0.1) is 6.92 Å². The van der Waals surface area contributed by atoms with Gasteiger partial charge in [0.1, 0.15) is 0 Å².